The van der Waals surface area contributed by atoms with E-state index in [2.05, 4.69) is 5.32 Å². The summed E-state index contributed by atoms with van der Waals surface area (Å²) in [4.78, 5) is 27.9. The third-order valence-electron chi connectivity index (χ3n) is 4.39. The molecule has 2 aromatic rings. The summed E-state index contributed by atoms with van der Waals surface area (Å²) in [5.74, 6) is 0.366. The Balaban J connectivity index is 1.54. The molecule has 0 atom stereocenters. The maximum absolute atomic E-state index is 12.5. The number of amides is 3. The van der Waals surface area contributed by atoms with Gasteiger partial charge in [-0.2, -0.15) is 0 Å². The van der Waals surface area contributed by atoms with Gasteiger partial charge in [-0.1, -0.05) is 6.07 Å². The standard InChI is InChI=1S/C19H21F2N3O4/c1-13-4-5-14(11-16(13)28-12-17(20)21)22-19(26)24-8-6-23(7-9-24)18(25)15-3-2-10-27-15/h2-5,10-11,17H,6-9,12H2,1H3,(H,22,26). The van der Waals surface area contributed by atoms with Crippen molar-refractivity contribution in [2.45, 2.75) is 13.3 Å². The number of hydrogen-bond acceptors (Lipinski definition) is 4. The molecule has 1 aliphatic rings. The number of nitrogens with one attached hydrogen (secondary N) is 1. The molecule has 0 bridgehead atoms. The maximum atomic E-state index is 12.5. The smallest absolute Gasteiger partial charge is 0.321 e. The van der Waals surface area contributed by atoms with Gasteiger partial charge in [0.25, 0.3) is 12.3 Å². The first-order valence-electron chi connectivity index (χ1n) is 8.84. The van der Waals surface area contributed by atoms with Gasteiger partial charge < -0.3 is 24.3 Å². The number of halogens is 2. The SMILES string of the molecule is Cc1ccc(NC(=O)N2CCN(C(=O)c3ccco3)CC2)cc1OCC(F)F. The Hall–Kier alpha value is -3.10. The van der Waals surface area contributed by atoms with Gasteiger partial charge >= 0.3 is 6.03 Å². The molecule has 1 saturated heterocycles. The van der Waals surface area contributed by atoms with Crippen molar-refractivity contribution in [1.29, 1.82) is 0 Å². The van der Waals surface area contributed by atoms with Gasteiger partial charge in [0, 0.05) is 37.9 Å². The van der Waals surface area contributed by atoms with Crippen LogP contribution in [0.15, 0.2) is 41.0 Å². The average molecular weight is 393 g/mol. The first-order chi connectivity index (χ1) is 13.4. The lowest BCUT2D eigenvalue weighted by atomic mass is 10.2. The predicted octanol–water partition coefficient (Wildman–Crippen LogP) is 3.22. The second kappa shape index (κ2) is 8.73. The van der Waals surface area contributed by atoms with E-state index in [-0.39, 0.29) is 17.7 Å². The molecule has 0 aliphatic carbocycles. The van der Waals surface area contributed by atoms with Gasteiger partial charge in [-0.3, -0.25) is 4.79 Å². The minimum Gasteiger partial charge on any atom is -0.487 e. The van der Waals surface area contributed by atoms with Crippen molar-refractivity contribution in [2.24, 2.45) is 0 Å². The molecule has 1 aliphatic heterocycles. The molecule has 3 rings (SSSR count). The lowest BCUT2D eigenvalue weighted by Crippen LogP contribution is -2.51. The molecular weight excluding hydrogens is 372 g/mol. The van der Waals surface area contributed by atoms with Gasteiger partial charge in [0.05, 0.1) is 6.26 Å². The number of rotatable bonds is 5. The summed E-state index contributed by atoms with van der Waals surface area (Å²) < 4.78 is 34.9. The van der Waals surface area contributed by atoms with Crippen LogP contribution < -0.4 is 10.1 Å². The number of aryl methyl sites for hydroxylation is 1. The van der Waals surface area contributed by atoms with Crippen LogP contribution in [-0.2, 0) is 0 Å². The first-order valence-corrected chi connectivity index (χ1v) is 8.84. The molecule has 0 radical (unpaired) electrons. The molecular formula is C19H21F2N3O4. The highest BCUT2D eigenvalue weighted by Crippen LogP contribution is 2.23. The van der Waals surface area contributed by atoms with Crippen molar-refractivity contribution in [3.63, 3.8) is 0 Å². The Morgan fingerprint density at radius 3 is 2.54 bits per heavy atom. The van der Waals surface area contributed by atoms with Crippen molar-refractivity contribution in [3.8, 4) is 5.75 Å². The average Bonchev–Trinajstić information content (AvgIpc) is 3.22. The molecule has 0 spiro atoms. The Bertz CT molecular complexity index is 819. The maximum Gasteiger partial charge on any atom is 0.321 e. The molecule has 0 saturated carbocycles. The summed E-state index contributed by atoms with van der Waals surface area (Å²) in [6, 6.07) is 7.82. The van der Waals surface area contributed by atoms with E-state index in [4.69, 9.17) is 9.15 Å². The van der Waals surface area contributed by atoms with Crippen LogP contribution in [0.4, 0.5) is 19.3 Å². The summed E-state index contributed by atoms with van der Waals surface area (Å²) >= 11 is 0. The molecule has 2 heterocycles. The molecule has 150 valence electrons. The summed E-state index contributed by atoms with van der Waals surface area (Å²) in [7, 11) is 0. The second-order valence-corrected chi connectivity index (χ2v) is 6.37. The van der Waals surface area contributed by atoms with Crippen molar-refractivity contribution in [2.75, 3.05) is 38.1 Å². The Morgan fingerprint density at radius 2 is 1.89 bits per heavy atom. The van der Waals surface area contributed by atoms with Crippen LogP contribution in [0, 0.1) is 6.92 Å². The van der Waals surface area contributed by atoms with E-state index in [1.807, 2.05) is 0 Å². The molecule has 3 amide bonds. The third kappa shape index (κ3) is 4.79. The second-order valence-electron chi connectivity index (χ2n) is 6.37. The third-order valence-corrected chi connectivity index (χ3v) is 4.39. The first kappa shape index (κ1) is 19.7. The highest BCUT2D eigenvalue weighted by atomic mass is 19.3. The molecule has 1 N–H and O–H groups in total. The van der Waals surface area contributed by atoms with Crippen LogP contribution in [0.3, 0.4) is 0 Å². The van der Waals surface area contributed by atoms with E-state index in [0.717, 1.165) is 0 Å². The van der Waals surface area contributed by atoms with Crippen LogP contribution in [-0.4, -0.2) is 60.9 Å². The van der Waals surface area contributed by atoms with E-state index < -0.39 is 13.0 Å². The minimum absolute atomic E-state index is 0.204. The van der Waals surface area contributed by atoms with Crippen molar-refractivity contribution in [1.82, 2.24) is 9.80 Å². The number of urea groups is 1. The van der Waals surface area contributed by atoms with Gasteiger partial charge in [-0.05, 0) is 30.7 Å². The van der Waals surface area contributed by atoms with Crippen molar-refractivity contribution < 1.29 is 27.5 Å². The van der Waals surface area contributed by atoms with Gasteiger partial charge in [0.15, 0.2) is 5.76 Å². The number of carbonyl (C=O) groups excluding carboxylic acids is 2. The van der Waals surface area contributed by atoms with Gasteiger partial charge in [-0.25, -0.2) is 13.6 Å². The molecule has 9 heteroatoms. The van der Waals surface area contributed by atoms with E-state index in [1.165, 1.54) is 12.3 Å². The highest BCUT2D eigenvalue weighted by Gasteiger charge is 2.26. The van der Waals surface area contributed by atoms with Crippen LogP contribution in [0.2, 0.25) is 0 Å². The fraction of sp³-hybridized carbons (Fsp3) is 0.368. The summed E-state index contributed by atoms with van der Waals surface area (Å²) in [5.41, 5.74) is 1.15. The summed E-state index contributed by atoms with van der Waals surface area (Å²) in [5, 5.41) is 2.74. The van der Waals surface area contributed by atoms with Crippen LogP contribution in [0.5, 0.6) is 5.75 Å². The number of carbonyl (C=O) groups is 2. The summed E-state index contributed by atoms with van der Waals surface area (Å²) in [6.07, 6.45) is -1.13. The van der Waals surface area contributed by atoms with Gasteiger partial charge in [0.1, 0.15) is 12.4 Å². The van der Waals surface area contributed by atoms with Crippen LogP contribution in [0.1, 0.15) is 16.1 Å². The fourth-order valence-corrected chi connectivity index (χ4v) is 2.86. The molecule has 1 fully saturated rings. The Kier molecular flexibility index (Phi) is 6.13. The Labute approximate surface area is 160 Å². The lowest BCUT2D eigenvalue weighted by molar-refractivity contribution is 0.0640. The number of piperazine rings is 1. The molecule has 0 unspecified atom stereocenters. The Morgan fingerprint density at radius 1 is 1.18 bits per heavy atom. The quantitative estimate of drug-likeness (QED) is 0.846. The molecule has 1 aromatic heterocycles. The zero-order valence-corrected chi connectivity index (χ0v) is 15.4. The van der Waals surface area contributed by atoms with E-state index >= 15 is 0 Å². The van der Waals surface area contributed by atoms with E-state index in [0.29, 0.717) is 43.2 Å². The number of furan rings is 1. The lowest BCUT2D eigenvalue weighted by Gasteiger charge is -2.34. The molecule has 28 heavy (non-hydrogen) atoms. The van der Waals surface area contributed by atoms with E-state index in [1.54, 1.807) is 41.0 Å². The normalized spacial score (nSPS) is 14.3. The monoisotopic (exact) mass is 393 g/mol. The largest absolute Gasteiger partial charge is 0.487 e. The van der Waals surface area contributed by atoms with Gasteiger partial charge in [0.2, 0.25) is 0 Å². The number of alkyl halides is 2. The van der Waals surface area contributed by atoms with E-state index in [9.17, 15) is 18.4 Å². The summed E-state index contributed by atoms with van der Waals surface area (Å²) in [6.45, 7) is 2.57. The highest BCUT2D eigenvalue weighted by molar-refractivity contribution is 5.92. The zero-order valence-electron chi connectivity index (χ0n) is 15.4. The van der Waals surface area contributed by atoms with Crippen LogP contribution >= 0.6 is 0 Å². The predicted molar refractivity (Wildman–Crippen MR) is 97.9 cm³/mol. The number of ether oxygens (including phenoxy) is 1. The topological polar surface area (TPSA) is 75.0 Å². The number of anilines is 1. The molecule has 7 nitrogen and oxygen atoms in total. The number of benzene rings is 1. The van der Waals surface area contributed by atoms with Crippen molar-refractivity contribution >= 4 is 17.6 Å². The fourth-order valence-electron chi connectivity index (χ4n) is 2.86. The molecule has 1 aromatic carbocycles. The number of hydrogen-bond donors (Lipinski definition) is 1. The van der Waals surface area contributed by atoms with Crippen molar-refractivity contribution in [3.05, 3.63) is 47.9 Å². The van der Waals surface area contributed by atoms with Gasteiger partial charge in [-0.15, -0.1) is 0 Å². The minimum atomic E-state index is -2.57. The van der Waals surface area contributed by atoms with Crippen LogP contribution in [0.25, 0.3) is 0 Å². The zero-order chi connectivity index (χ0) is 20.1. The number of nitrogens with zero attached hydrogens (tertiary/aromatic N) is 2.